The standard InChI is InChI=1S/C15H17F3O2S/c16-15(17,18)20-11-3-1-10(2-4-11)7-14(19)8-12-5-6-13(9-14)21-12/h1-4,12-13,19H,5-9H2. The first-order valence-electron chi connectivity index (χ1n) is 7.04. The van der Waals surface area contributed by atoms with Gasteiger partial charge in [-0.05, 0) is 43.4 Å². The summed E-state index contributed by atoms with van der Waals surface area (Å²) in [7, 11) is 0. The third-order valence-electron chi connectivity index (χ3n) is 4.10. The van der Waals surface area contributed by atoms with Crippen LogP contribution in [-0.4, -0.2) is 27.6 Å². The SMILES string of the molecule is OC1(Cc2ccc(OC(F)(F)F)cc2)CC2CCC(C1)S2. The van der Waals surface area contributed by atoms with Gasteiger partial charge in [-0.1, -0.05) is 12.1 Å². The maximum atomic E-state index is 12.1. The van der Waals surface area contributed by atoms with Gasteiger partial charge in [-0.2, -0.15) is 11.8 Å². The van der Waals surface area contributed by atoms with Crippen LogP contribution >= 0.6 is 11.8 Å². The van der Waals surface area contributed by atoms with Gasteiger partial charge in [0.05, 0.1) is 5.60 Å². The fraction of sp³-hybridized carbons (Fsp3) is 0.600. The molecule has 1 N–H and O–H groups in total. The van der Waals surface area contributed by atoms with Crippen molar-refractivity contribution in [2.45, 2.75) is 54.6 Å². The second kappa shape index (κ2) is 5.39. The first-order chi connectivity index (χ1) is 9.81. The van der Waals surface area contributed by atoms with Crippen molar-refractivity contribution in [1.82, 2.24) is 0 Å². The highest BCUT2D eigenvalue weighted by molar-refractivity contribution is 8.00. The Labute approximate surface area is 125 Å². The van der Waals surface area contributed by atoms with Gasteiger partial charge in [0.15, 0.2) is 0 Å². The van der Waals surface area contributed by atoms with Crippen LogP contribution in [0.1, 0.15) is 31.2 Å². The molecule has 0 radical (unpaired) electrons. The fourth-order valence-electron chi connectivity index (χ4n) is 3.34. The Bertz CT molecular complexity index is 489. The molecule has 116 valence electrons. The fourth-order valence-corrected chi connectivity index (χ4v) is 5.25. The number of benzene rings is 1. The zero-order valence-corrected chi connectivity index (χ0v) is 12.2. The van der Waals surface area contributed by atoms with Gasteiger partial charge < -0.3 is 9.84 Å². The average Bonchev–Trinajstić information content (AvgIpc) is 2.70. The van der Waals surface area contributed by atoms with Gasteiger partial charge in [0.1, 0.15) is 5.75 Å². The molecule has 0 saturated carbocycles. The molecule has 0 amide bonds. The summed E-state index contributed by atoms with van der Waals surface area (Å²) in [4.78, 5) is 0. The lowest BCUT2D eigenvalue weighted by atomic mass is 9.87. The van der Waals surface area contributed by atoms with Gasteiger partial charge >= 0.3 is 6.36 Å². The van der Waals surface area contributed by atoms with Crippen molar-refractivity contribution in [3.63, 3.8) is 0 Å². The van der Waals surface area contributed by atoms with E-state index < -0.39 is 12.0 Å². The Morgan fingerprint density at radius 1 is 1.14 bits per heavy atom. The average molecular weight is 318 g/mol. The van der Waals surface area contributed by atoms with Gasteiger partial charge in [-0.15, -0.1) is 13.2 Å². The second-order valence-electron chi connectivity index (χ2n) is 5.96. The number of thioether (sulfide) groups is 1. The minimum Gasteiger partial charge on any atom is -0.406 e. The summed E-state index contributed by atoms with van der Waals surface area (Å²) in [5, 5.41) is 11.8. The first-order valence-corrected chi connectivity index (χ1v) is 7.98. The molecule has 2 saturated heterocycles. The van der Waals surface area contributed by atoms with E-state index in [1.165, 1.54) is 12.1 Å². The molecule has 2 aliphatic heterocycles. The van der Waals surface area contributed by atoms with Crippen molar-refractivity contribution >= 4 is 11.8 Å². The van der Waals surface area contributed by atoms with E-state index in [1.54, 1.807) is 12.1 Å². The van der Waals surface area contributed by atoms with Crippen LogP contribution in [0.25, 0.3) is 0 Å². The topological polar surface area (TPSA) is 29.5 Å². The van der Waals surface area contributed by atoms with Gasteiger partial charge in [0, 0.05) is 16.9 Å². The predicted molar refractivity (Wildman–Crippen MR) is 75.4 cm³/mol. The third-order valence-corrected chi connectivity index (χ3v) is 5.68. The number of halogens is 3. The van der Waals surface area contributed by atoms with Crippen molar-refractivity contribution in [3.05, 3.63) is 29.8 Å². The van der Waals surface area contributed by atoms with Crippen molar-refractivity contribution in [3.8, 4) is 5.75 Å². The van der Waals surface area contributed by atoms with Crippen LogP contribution in [-0.2, 0) is 6.42 Å². The number of hydrogen-bond acceptors (Lipinski definition) is 3. The van der Waals surface area contributed by atoms with Crippen LogP contribution in [0.15, 0.2) is 24.3 Å². The summed E-state index contributed by atoms with van der Waals surface area (Å²) >= 11 is 1.97. The van der Waals surface area contributed by atoms with E-state index in [9.17, 15) is 18.3 Å². The number of ether oxygens (including phenoxy) is 1. The van der Waals surface area contributed by atoms with E-state index in [0.29, 0.717) is 16.9 Å². The van der Waals surface area contributed by atoms with Crippen molar-refractivity contribution < 1.29 is 23.0 Å². The highest BCUT2D eigenvalue weighted by atomic mass is 32.2. The quantitative estimate of drug-likeness (QED) is 0.916. The molecule has 2 unspecified atom stereocenters. The van der Waals surface area contributed by atoms with E-state index in [2.05, 4.69) is 4.74 Å². The van der Waals surface area contributed by atoms with Crippen molar-refractivity contribution in [2.75, 3.05) is 0 Å². The lowest BCUT2D eigenvalue weighted by Gasteiger charge is -2.36. The van der Waals surface area contributed by atoms with Crippen LogP contribution in [0.3, 0.4) is 0 Å². The van der Waals surface area contributed by atoms with E-state index in [0.717, 1.165) is 31.2 Å². The minimum atomic E-state index is -4.67. The Balaban J connectivity index is 1.65. The normalized spacial score (nSPS) is 32.2. The zero-order chi connectivity index (χ0) is 15.1. The Morgan fingerprint density at radius 2 is 1.71 bits per heavy atom. The van der Waals surface area contributed by atoms with E-state index in [1.807, 2.05) is 11.8 Å². The number of hydrogen-bond donors (Lipinski definition) is 1. The molecule has 6 heteroatoms. The number of rotatable bonds is 3. The maximum absolute atomic E-state index is 12.1. The summed E-state index contributed by atoms with van der Waals surface area (Å²) in [5.41, 5.74) is 0.127. The van der Waals surface area contributed by atoms with Gasteiger partial charge in [0.2, 0.25) is 0 Å². The molecule has 1 aromatic carbocycles. The predicted octanol–water partition coefficient (Wildman–Crippen LogP) is 3.92. The lowest BCUT2D eigenvalue weighted by Crippen LogP contribution is -2.39. The molecule has 0 aromatic heterocycles. The van der Waals surface area contributed by atoms with Gasteiger partial charge in [-0.3, -0.25) is 0 Å². The summed E-state index contributed by atoms with van der Waals surface area (Å²) in [6.45, 7) is 0. The van der Waals surface area contributed by atoms with Crippen LogP contribution < -0.4 is 4.74 Å². The first kappa shape index (κ1) is 15.0. The zero-order valence-electron chi connectivity index (χ0n) is 11.4. The molecule has 2 aliphatic rings. The smallest absolute Gasteiger partial charge is 0.406 e. The van der Waals surface area contributed by atoms with Crippen molar-refractivity contribution in [1.29, 1.82) is 0 Å². The molecule has 0 spiro atoms. The van der Waals surface area contributed by atoms with E-state index in [4.69, 9.17) is 0 Å². The van der Waals surface area contributed by atoms with Crippen LogP contribution in [0.4, 0.5) is 13.2 Å². The van der Waals surface area contributed by atoms with Gasteiger partial charge in [-0.25, -0.2) is 0 Å². The van der Waals surface area contributed by atoms with Crippen molar-refractivity contribution in [2.24, 2.45) is 0 Å². The Morgan fingerprint density at radius 3 is 2.24 bits per heavy atom. The van der Waals surface area contributed by atoms with Gasteiger partial charge in [0.25, 0.3) is 0 Å². The summed E-state index contributed by atoms with van der Waals surface area (Å²) in [6, 6.07) is 5.81. The second-order valence-corrected chi connectivity index (χ2v) is 7.56. The van der Waals surface area contributed by atoms with E-state index in [-0.39, 0.29) is 5.75 Å². The number of fused-ring (bicyclic) bond motifs is 2. The van der Waals surface area contributed by atoms with Crippen LogP contribution in [0, 0.1) is 0 Å². The molecule has 3 rings (SSSR count). The number of alkyl halides is 3. The number of aliphatic hydroxyl groups is 1. The third kappa shape index (κ3) is 3.86. The molecular formula is C15H17F3O2S. The molecule has 2 fully saturated rings. The molecule has 0 aliphatic carbocycles. The molecule has 2 heterocycles. The Kier molecular flexibility index (Phi) is 3.86. The highest BCUT2D eigenvalue weighted by Crippen LogP contribution is 2.48. The summed E-state index contributed by atoms with van der Waals surface area (Å²) in [6.07, 6.45) is -0.303. The molecular weight excluding hydrogens is 301 g/mol. The molecule has 2 nitrogen and oxygen atoms in total. The highest BCUT2D eigenvalue weighted by Gasteiger charge is 2.43. The lowest BCUT2D eigenvalue weighted by molar-refractivity contribution is -0.274. The maximum Gasteiger partial charge on any atom is 0.573 e. The minimum absolute atomic E-state index is 0.225. The molecule has 2 atom stereocenters. The van der Waals surface area contributed by atoms with E-state index >= 15 is 0 Å². The monoisotopic (exact) mass is 318 g/mol. The largest absolute Gasteiger partial charge is 0.573 e. The van der Waals surface area contributed by atoms with Crippen LogP contribution in [0.2, 0.25) is 0 Å². The molecule has 2 bridgehead atoms. The van der Waals surface area contributed by atoms with Crippen LogP contribution in [0.5, 0.6) is 5.75 Å². The molecule has 1 aromatic rings. The summed E-state index contributed by atoms with van der Waals surface area (Å²) < 4.78 is 40.2. The summed E-state index contributed by atoms with van der Waals surface area (Å²) in [5.74, 6) is -0.225. The molecule has 21 heavy (non-hydrogen) atoms. The Hall–Kier alpha value is -0.880.